The molecule has 190 valence electrons. The Morgan fingerprint density at radius 1 is 0.838 bits per heavy atom. The van der Waals surface area contributed by atoms with Gasteiger partial charge in [-0.1, -0.05) is 54.6 Å². The first-order valence-electron chi connectivity index (χ1n) is 13.2. The van der Waals surface area contributed by atoms with Crippen molar-refractivity contribution in [3.05, 3.63) is 131 Å². The monoisotopic (exact) mass is 491 g/mol. The van der Waals surface area contributed by atoms with Crippen molar-refractivity contribution in [2.24, 2.45) is 0 Å². The van der Waals surface area contributed by atoms with E-state index in [4.69, 9.17) is 4.98 Å². The molecule has 0 bridgehead atoms. The van der Waals surface area contributed by atoms with Crippen molar-refractivity contribution in [1.82, 2.24) is 25.2 Å². The van der Waals surface area contributed by atoms with Gasteiger partial charge in [0, 0.05) is 52.6 Å². The Hall–Kier alpha value is -3.80. The molecule has 3 heterocycles. The number of fused-ring (bicyclic) bond motifs is 2. The highest BCUT2D eigenvalue weighted by Crippen LogP contribution is 2.35. The number of para-hydroxylation sites is 1. The molecule has 0 radical (unpaired) electrons. The van der Waals surface area contributed by atoms with E-state index in [0.717, 1.165) is 44.7 Å². The summed E-state index contributed by atoms with van der Waals surface area (Å²) in [6.45, 7) is 3.35. The lowest BCUT2D eigenvalue weighted by atomic mass is 9.90. The summed E-state index contributed by atoms with van der Waals surface area (Å²) < 4.78 is 0. The number of nitrogens with one attached hydrogen (secondary N) is 2. The lowest BCUT2D eigenvalue weighted by Gasteiger charge is -2.35. The quantitative estimate of drug-likeness (QED) is 0.238. The van der Waals surface area contributed by atoms with Crippen LogP contribution in [0, 0.1) is 0 Å². The van der Waals surface area contributed by atoms with Crippen molar-refractivity contribution in [1.29, 1.82) is 0 Å². The summed E-state index contributed by atoms with van der Waals surface area (Å²) in [6.07, 6.45) is 7.26. The summed E-state index contributed by atoms with van der Waals surface area (Å²) in [7, 11) is 0. The summed E-state index contributed by atoms with van der Waals surface area (Å²) in [5, 5.41) is 4.77. The first-order chi connectivity index (χ1) is 18.3. The fourth-order valence-electron chi connectivity index (χ4n) is 5.49. The third kappa shape index (κ3) is 5.63. The molecule has 2 N–H and O–H groups in total. The molecule has 2 aromatic carbocycles. The molecule has 0 fully saturated rings. The summed E-state index contributed by atoms with van der Waals surface area (Å²) in [5.74, 6) is 0. The summed E-state index contributed by atoms with van der Waals surface area (Å²) >= 11 is 0. The molecule has 37 heavy (non-hydrogen) atoms. The van der Waals surface area contributed by atoms with Crippen LogP contribution in [0.15, 0.2) is 97.3 Å². The fraction of sp³-hybridized carbons (Fsp3) is 0.250. The summed E-state index contributed by atoms with van der Waals surface area (Å²) in [5.41, 5.74) is 8.77. The van der Waals surface area contributed by atoms with Gasteiger partial charge in [-0.15, -0.1) is 0 Å². The maximum Gasteiger partial charge on any atom is 0.0607 e. The smallest absolute Gasteiger partial charge is 0.0607 e. The van der Waals surface area contributed by atoms with Gasteiger partial charge in [0.2, 0.25) is 0 Å². The third-order valence-corrected chi connectivity index (χ3v) is 7.34. The van der Waals surface area contributed by atoms with Crippen LogP contribution in [-0.4, -0.2) is 19.9 Å². The second-order valence-corrected chi connectivity index (χ2v) is 9.98. The lowest BCUT2D eigenvalue weighted by molar-refractivity contribution is 0.155. The number of nitrogens with zero attached hydrogens (tertiary/aromatic N) is 3. The van der Waals surface area contributed by atoms with Crippen molar-refractivity contribution < 1.29 is 2.85 Å². The number of hydrogen-bond donors (Lipinski definition) is 2. The van der Waals surface area contributed by atoms with Crippen LogP contribution in [0.4, 0.5) is 0 Å². The molecule has 3 aromatic heterocycles. The second kappa shape index (κ2) is 11.1. The highest BCUT2D eigenvalue weighted by molar-refractivity contribution is 5.80. The van der Waals surface area contributed by atoms with Crippen molar-refractivity contribution in [3.8, 4) is 0 Å². The summed E-state index contributed by atoms with van der Waals surface area (Å²) in [4.78, 5) is 15.5. The Kier molecular flexibility index (Phi) is 7.06. The van der Waals surface area contributed by atoms with E-state index in [1.54, 1.807) is 0 Å². The van der Waals surface area contributed by atoms with Crippen LogP contribution in [0.2, 0.25) is 0 Å². The van der Waals surface area contributed by atoms with Gasteiger partial charge in [0.1, 0.15) is 0 Å². The Balaban J connectivity index is 0.00000176. The first-order valence-corrected chi connectivity index (χ1v) is 13.2. The van der Waals surface area contributed by atoms with Crippen LogP contribution in [0.25, 0.3) is 10.9 Å². The zero-order valence-electron chi connectivity index (χ0n) is 21.1. The van der Waals surface area contributed by atoms with E-state index in [1.165, 1.54) is 45.4 Å². The topological polar surface area (TPSA) is 56.8 Å². The van der Waals surface area contributed by atoms with Crippen LogP contribution >= 0.6 is 0 Å². The SMILES string of the molecule is [HH].[HH].c1ccc(CNCc2ccc(CN(Cc3cc4ccccc4[nH]3)C3CCCc4cccnc43)cc2)nc1. The van der Waals surface area contributed by atoms with E-state index < -0.39 is 0 Å². The van der Waals surface area contributed by atoms with Crippen LogP contribution in [0.1, 0.15) is 55.5 Å². The number of H-pyrrole nitrogens is 1. The lowest BCUT2D eigenvalue weighted by Crippen LogP contribution is -2.31. The molecule has 0 amide bonds. The van der Waals surface area contributed by atoms with Crippen molar-refractivity contribution in [2.45, 2.75) is 51.5 Å². The number of aryl methyl sites for hydroxylation is 1. The molecule has 0 saturated heterocycles. The van der Waals surface area contributed by atoms with E-state index in [0.29, 0.717) is 6.04 Å². The predicted octanol–water partition coefficient (Wildman–Crippen LogP) is 6.82. The van der Waals surface area contributed by atoms with E-state index in [2.05, 4.69) is 93.0 Å². The van der Waals surface area contributed by atoms with Gasteiger partial charge in [-0.3, -0.25) is 14.9 Å². The van der Waals surface area contributed by atoms with Gasteiger partial charge in [0.05, 0.1) is 17.4 Å². The second-order valence-electron chi connectivity index (χ2n) is 9.98. The molecule has 0 spiro atoms. The van der Waals surface area contributed by atoms with E-state index >= 15 is 0 Å². The molecule has 0 saturated carbocycles. The third-order valence-electron chi connectivity index (χ3n) is 7.34. The van der Waals surface area contributed by atoms with Gasteiger partial charge in [-0.25, -0.2) is 0 Å². The van der Waals surface area contributed by atoms with E-state index in [-0.39, 0.29) is 2.85 Å². The predicted molar refractivity (Wildman–Crippen MR) is 153 cm³/mol. The maximum absolute atomic E-state index is 4.86. The van der Waals surface area contributed by atoms with Crippen LogP contribution < -0.4 is 5.32 Å². The minimum absolute atomic E-state index is 0. The van der Waals surface area contributed by atoms with Crippen molar-refractivity contribution in [3.63, 3.8) is 0 Å². The number of hydrogen-bond acceptors (Lipinski definition) is 4. The number of rotatable bonds is 9. The molecule has 6 rings (SSSR count). The molecule has 1 atom stereocenters. The van der Waals surface area contributed by atoms with Gasteiger partial charge in [-0.2, -0.15) is 0 Å². The number of benzene rings is 2. The molecule has 0 aliphatic heterocycles. The van der Waals surface area contributed by atoms with Gasteiger partial charge in [0.15, 0.2) is 0 Å². The number of pyridine rings is 2. The highest BCUT2D eigenvalue weighted by Gasteiger charge is 2.27. The molecular formula is C32H37N5. The van der Waals surface area contributed by atoms with Crippen LogP contribution in [-0.2, 0) is 32.6 Å². The van der Waals surface area contributed by atoms with Crippen LogP contribution in [0.5, 0.6) is 0 Å². The first kappa shape index (κ1) is 23.6. The molecular weight excluding hydrogens is 454 g/mol. The van der Waals surface area contributed by atoms with Gasteiger partial charge >= 0.3 is 0 Å². The number of aromatic amines is 1. The van der Waals surface area contributed by atoms with Crippen molar-refractivity contribution in [2.75, 3.05) is 0 Å². The van der Waals surface area contributed by atoms with E-state index in [9.17, 15) is 0 Å². The molecule has 1 unspecified atom stereocenters. The molecule has 1 aliphatic rings. The largest absolute Gasteiger partial charge is 0.357 e. The van der Waals surface area contributed by atoms with Crippen LogP contribution in [0.3, 0.4) is 0 Å². The van der Waals surface area contributed by atoms with Crippen molar-refractivity contribution >= 4 is 10.9 Å². The molecule has 5 aromatic rings. The zero-order chi connectivity index (χ0) is 24.9. The Labute approximate surface area is 221 Å². The molecule has 1 aliphatic carbocycles. The Bertz CT molecular complexity index is 1420. The zero-order valence-corrected chi connectivity index (χ0v) is 21.1. The molecule has 5 heteroatoms. The minimum atomic E-state index is 0. The minimum Gasteiger partial charge on any atom is -0.357 e. The number of aromatic nitrogens is 3. The maximum atomic E-state index is 4.86. The Morgan fingerprint density at radius 3 is 2.54 bits per heavy atom. The Morgan fingerprint density at radius 2 is 1.68 bits per heavy atom. The summed E-state index contributed by atoms with van der Waals surface area (Å²) in [6, 6.07) is 30.5. The van der Waals surface area contributed by atoms with Gasteiger partial charge < -0.3 is 10.3 Å². The normalized spacial score (nSPS) is 15.2. The fourth-order valence-corrected chi connectivity index (χ4v) is 5.49. The highest BCUT2D eigenvalue weighted by atomic mass is 15.2. The average Bonchev–Trinajstić information content (AvgIpc) is 3.36. The standard InChI is InChI=1S/C32H33N5.2H2/c1-2-11-30-27(7-1)19-29(36-30)23-37(31-12-5-8-26-9-6-18-35-32(26)31)22-25-15-13-24(14-16-25)20-33-21-28-10-3-4-17-34-28;;/h1-4,6-7,9-11,13-19,31,33,36H,5,8,12,20-23H2;2*1H. The molecule has 5 nitrogen and oxygen atoms in total. The van der Waals surface area contributed by atoms with E-state index in [1.807, 2.05) is 24.5 Å². The van der Waals surface area contributed by atoms with Gasteiger partial charge in [0.25, 0.3) is 0 Å². The van der Waals surface area contributed by atoms with Gasteiger partial charge in [-0.05, 0) is 71.7 Å². The average molecular weight is 492 g/mol.